The van der Waals surface area contributed by atoms with Crippen LogP contribution in [0.5, 0.6) is 0 Å². The van der Waals surface area contributed by atoms with Crippen molar-refractivity contribution < 1.29 is 8.78 Å². The molecule has 0 radical (unpaired) electrons. The summed E-state index contributed by atoms with van der Waals surface area (Å²) in [4.78, 5) is 7.64. The Morgan fingerprint density at radius 2 is 1.34 bits per heavy atom. The van der Waals surface area contributed by atoms with Gasteiger partial charge in [0.15, 0.2) is 0 Å². The molecule has 0 saturated carbocycles. The molecule has 2 fully saturated rings. The molecule has 1 unspecified atom stereocenters. The third-order valence-electron chi connectivity index (χ3n) is 6.64. The van der Waals surface area contributed by atoms with E-state index in [1.165, 1.54) is 24.0 Å². The Morgan fingerprint density at radius 3 is 1.93 bits per heavy atom. The lowest BCUT2D eigenvalue weighted by atomic mass is 9.98. The smallest absolute Gasteiger partial charge is 0.123 e. The van der Waals surface area contributed by atoms with E-state index in [-0.39, 0.29) is 11.6 Å². The predicted octanol–water partition coefficient (Wildman–Crippen LogP) is 4.31. The van der Waals surface area contributed by atoms with E-state index < -0.39 is 0 Å². The molecule has 0 bridgehead atoms. The predicted molar refractivity (Wildman–Crippen MR) is 113 cm³/mol. The van der Waals surface area contributed by atoms with Gasteiger partial charge in [0.05, 0.1) is 0 Å². The molecule has 5 heteroatoms. The Hall–Kier alpha value is -1.82. The van der Waals surface area contributed by atoms with Gasteiger partial charge in [-0.2, -0.15) is 0 Å². The molecule has 0 aliphatic carbocycles. The van der Waals surface area contributed by atoms with Gasteiger partial charge in [-0.25, -0.2) is 8.78 Å². The fraction of sp³-hybridized carbons (Fsp3) is 0.500. The first-order valence-corrected chi connectivity index (χ1v) is 10.8. The fourth-order valence-corrected chi connectivity index (χ4v) is 4.73. The van der Waals surface area contributed by atoms with Crippen LogP contribution in [-0.4, -0.2) is 60.0 Å². The summed E-state index contributed by atoms with van der Waals surface area (Å²) in [5.74, 6) is -0.336. The highest BCUT2D eigenvalue weighted by atomic mass is 19.1. The van der Waals surface area contributed by atoms with Crippen LogP contribution in [0.15, 0.2) is 48.5 Å². The average Bonchev–Trinajstić information content (AvgIpc) is 2.76. The molecule has 2 heterocycles. The number of halogens is 2. The van der Waals surface area contributed by atoms with Crippen LogP contribution >= 0.6 is 0 Å². The topological polar surface area (TPSA) is 9.72 Å². The van der Waals surface area contributed by atoms with Crippen LogP contribution in [0.25, 0.3) is 0 Å². The summed E-state index contributed by atoms with van der Waals surface area (Å²) in [6.45, 7) is 9.69. The molecule has 0 spiro atoms. The van der Waals surface area contributed by atoms with Crippen molar-refractivity contribution in [1.82, 2.24) is 14.7 Å². The Labute approximate surface area is 172 Å². The van der Waals surface area contributed by atoms with Gasteiger partial charge >= 0.3 is 0 Å². The van der Waals surface area contributed by atoms with Crippen molar-refractivity contribution in [3.05, 3.63) is 71.3 Å². The van der Waals surface area contributed by atoms with Gasteiger partial charge in [0.2, 0.25) is 0 Å². The number of likely N-dealkylation sites (tertiary alicyclic amines) is 1. The minimum absolute atomic E-state index is 0.168. The summed E-state index contributed by atoms with van der Waals surface area (Å²) in [6.07, 6.45) is 2.40. The average molecular weight is 400 g/mol. The molecule has 2 saturated heterocycles. The molecule has 3 nitrogen and oxygen atoms in total. The van der Waals surface area contributed by atoms with Gasteiger partial charge in [-0.1, -0.05) is 24.3 Å². The van der Waals surface area contributed by atoms with E-state index in [1.807, 2.05) is 24.3 Å². The first kappa shape index (κ1) is 20.5. The van der Waals surface area contributed by atoms with Crippen LogP contribution in [-0.2, 0) is 6.54 Å². The molecule has 0 aromatic heterocycles. The van der Waals surface area contributed by atoms with Crippen LogP contribution < -0.4 is 0 Å². The minimum Gasteiger partial charge on any atom is -0.298 e. The Bertz CT molecular complexity index is 762. The zero-order chi connectivity index (χ0) is 20.2. The highest BCUT2D eigenvalue weighted by molar-refractivity contribution is 5.19. The Balaban J connectivity index is 1.22. The van der Waals surface area contributed by atoms with E-state index in [0.29, 0.717) is 12.1 Å². The molecule has 1 atom stereocenters. The van der Waals surface area contributed by atoms with Gasteiger partial charge < -0.3 is 0 Å². The molecule has 0 N–H and O–H groups in total. The lowest BCUT2D eigenvalue weighted by Crippen LogP contribution is -2.53. The van der Waals surface area contributed by atoms with Crippen molar-refractivity contribution in [2.45, 2.75) is 38.4 Å². The van der Waals surface area contributed by atoms with Gasteiger partial charge in [-0.05, 0) is 55.2 Å². The quantitative estimate of drug-likeness (QED) is 0.742. The number of piperazine rings is 1. The third kappa shape index (κ3) is 5.21. The molecule has 156 valence electrons. The summed E-state index contributed by atoms with van der Waals surface area (Å²) >= 11 is 0. The zero-order valence-corrected chi connectivity index (χ0v) is 17.2. The standard InChI is InChI=1S/C24H31F2N3/c1-19(21-4-8-23(26)9-5-21)28-12-10-24(11-13-28)29-16-14-27(15-17-29)18-20-2-6-22(25)7-3-20/h2-9,19,24H,10-18H2,1H3. The van der Waals surface area contributed by atoms with E-state index in [0.717, 1.165) is 45.8 Å². The van der Waals surface area contributed by atoms with Gasteiger partial charge in [0.1, 0.15) is 11.6 Å². The monoisotopic (exact) mass is 399 g/mol. The largest absolute Gasteiger partial charge is 0.298 e. The van der Waals surface area contributed by atoms with Gasteiger partial charge in [0.25, 0.3) is 0 Å². The molecular formula is C24H31F2N3. The van der Waals surface area contributed by atoms with E-state index in [2.05, 4.69) is 21.6 Å². The summed E-state index contributed by atoms with van der Waals surface area (Å²) in [5, 5.41) is 0. The number of piperidine rings is 1. The first-order valence-electron chi connectivity index (χ1n) is 10.8. The summed E-state index contributed by atoms with van der Waals surface area (Å²) in [7, 11) is 0. The molecule has 2 aromatic carbocycles. The number of benzene rings is 2. The molecule has 2 aromatic rings. The highest BCUT2D eigenvalue weighted by Gasteiger charge is 2.29. The Kier molecular flexibility index (Phi) is 6.58. The second-order valence-electron chi connectivity index (χ2n) is 8.43. The highest BCUT2D eigenvalue weighted by Crippen LogP contribution is 2.26. The molecule has 29 heavy (non-hydrogen) atoms. The Morgan fingerprint density at radius 1 is 0.793 bits per heavy atom. The van der Waals surface area contributed by atoms with Crippen LogP contribution in [0, 0.1) is 11.6 Å². The van der Waals surface area contributed by atoms with Gasteiger partial charge in [-0.15, -0.1) is 0 Å². The fourth-order valence-electron chi connectivity index (χ4n) is 4.73. The summed E-state index contributed by atoms with van der Waals surface area (Å²) < 4.78 is 26.3. The molecule has 0 amide bonds. The van der Waals surface area contributed by atoms with Crippen molar-refractivity contribution in [2.24, 2.45) is 0 Å². The number of hydrogen-bond donors (Lipinski definition) is 0. The van der Waals surface area contributed by atoms with Crippen molar-refractivity contribution in [3.8, 4) is 0 Å². The molecule has 2 aliphatic rings. The lowest BCUT2D eigenvalue weighted by molar-refractivity contribution is 0.0474. The molecule has 4 rings (SSSR count). The second kappa shape index (κ2) is 9.33. The van der Waals surface area contributed by atoms with E-state index in [1.54, 1.807) is 24.3 Å². The number of nitrogens with zero attached hydrogens (tertiary/aromatic N) is 3. The van der Waals surface area contributed by atoms with Gasteiger partial charge in [0, 0.05) is 57.9 Å². The van der Waals surface area contributed by atoms with Crippen LogP contribution in [0.2, 0.25) is 0 Å². The normalized spacial score (nSPS) is 21.3. The van der Waals surface area contributed by atoms with E-state index in [9.17, 15) is 8.78 Å². The summed E-state index contributed by atoms with van der Waals surface area (Å²) in [6, 6.07) is 14.8. The second-order valence-corrected chi connectivity index (χ2v) is 8.43. The van der Waals surface area contributed by atoms with E-state index >= 15 is 0 Å². The lowest BCUT2D eigenvalue weighted by Gasteiger charge is -2.44. The molecular weight excluding hydrogens is 368 g/mol. The van der Waals surface area contributed by atoms with Crippen LogP contribution in [0.1, 0.15) is 36.9 Å². The van der Waals surface area contributed by atoms with Crippen LogP contribution in [0.4, 0.5) is 8.78 Å². The van der Waals surface area contributed by atoms with Crippen LogP contribution in [0.3, 0.4) is 0 Å². The number of rotatable bonds is 5. The third-order valence-corrected chi connectivity index (χ3v) is 6.64. The van der Waals surface area contributed by atoms with Gasteiger partial charge in [-0.3, -0.25) is 14.7 Å². The van der Waals surface area contributed by atoms with Crippen molar-refractivity contribution in [2.75, 3.05) is 39.3 Å². The van der Waals surface area contributed by atoms with Crippen molar-refractivity contribution >= 4 is 0 Å². The summed E-state index contributed by atoms with van der Waals surface area (Å²) in [5.41, 5.74) is 2.38. The first-order chi connectivity index (χ1) is 14.1. The molecule has 2 aliphatic heterocycles. The number of hydrogen-bond acceptors (Lipinski definition) is 3. The maximum absolute atomic E-state index is 13.2. The zero-order valence-electron chi connectivity index (χ0n) is 17.2. The van der Waals surface area contributed by atoms with E-state index in [4.69, 9.17) is 0 Å². The van der Waals surface area contributed by atoms with Crippen molar-refractivity contribution in [3.63, 3.8) is 0 Å². The van der Waals surface area contributed by atoms with Crippen molar-refractivity contribution in [1.29, 1.82) is 0 Å². The minimum atomic E-state index is -0.168. The maximum Gasteiger partial charge on any atom is 0.123 e. The maximum atomic E-state index is 13.2. The SMILES string of the molecule is CC(c1ccc(F)cc1)N1CCC(N2CCN(Cc3ccc(F)cc3)CC2)CC1.